The zero-order valence-electron chi connectivity index (χ0n) is 13.1. The number of aryl methyl sites for hydroxylation is 2. The SMILES string of the molecule is Cc1nc2c3c(c(-c4ccccc4Cl)cn2c1C)C(O)CCN3. The molecule has 4 nitrogen and oxygen atoms in total. The van der Waals surface area contributed by atoms with E-state index in [0.717, 1.165) is 46.0 Å². The molecule has 118 valence electrons. The lowest BCUT2D eigenvalue weighted by molar-refractivity contribution is 0.169. The summed E-state index contributed by atoms with van der Waals surface area (Å²) in [6, 6.07) is 7.75. The molecule has 0 radical (unpaired) electrons. The summed E-state index contributed by atoms with van der Waals surface area (Å²) in [5, 5.41) is 14.7. The van der Waals surface area contributed by atoms with Crippen LogP contribution in [0.2, 0.25) is 5.02 Å². The number of aliphatic hydroxyl groups is 1. The molecule has 5 heteroatoms. The van der Waals surface area contributed by atoms with Gasteiger partial charge in [0.1, 0.15) is 0 Å². The van der Waals surface area contributed by atoms with Gasteiger partial charge in [0.05, 0.1) is 17.5 Å². The van der Waals surface area contributed by atoms with Gasteiger partial charge >= 0.3 is 0 Å². The lowest BCUT2D eigenvalue weighted by atomic mass is 9.92. The second-order valence-electron chi connectivity index (χ2n) is 6.02. The Morgan fingerprint density at radius 2 is 2.04 bits per heavy atom. The van der Waals surface area contributed by atoms with Crippen LogP contribution in [0.15, 0.2) is 30.5 Å². The van der Waals surface area contributed by atoms with E-state index in [2.05, 4.69) is 21.6 Å². The van der Waals surface area contributed by atoms with Gasteiger partial charge in [-0.15, -0.1) is 0 Å². The number of nitrogens with zero attached hydrogens (tertiary/aromatic N) is 2. The van der Waals surface area contributed by atoms with Crippen molar-refractivity contribution in [1.82, 2.24) is 9.38 Å². The van der Waals surface area contributed by atoms with Crippen LogP contribution in [-0.2, 0) is 0 Å². The minimum absolute atomic E-state index is 0.514. The van der Waals surface area contributed by atoms with Gasteiger partial charge in [0, 0.05) is 40.1 Å². The molecular weight excluding hydrogens is 310 g/mol. The molecule has 2 aromatic heterocycles. The topological polar surface area (TPSA) is 49.6 Å². The monoisotopic (exact) mass is 327 g/mol. The molecule has 0 aliphatic carbocycles. The van der Waals surface area contributed by atoms with E-state index in [1.807, 2.05) is 37.4 Å². The number of halogens is 1. The van der Waals surface area contributed by atoms with E-state index < -0.39 is 6.10 Å². The van der Waals surface area contributed by atoms with E-state index >= 15 is 0 Å². The van der Waals surface area contributed by atoms with Crippen molar-refractivity contribution in [3.63, 3.8) is 0 Å². The maximum Gasteiger partial charge on any atom is 0.161 e. The first-order chi connectivity index (χ1) is 11.1. The molecule has 0 fully saturated rings. The summed E-state index contributed by atoms with van der Waals surface area (Å²) >= 11 is 6.42. The number of benzene rings is 1. The number of hydrogen-bond donors (Lipinski definition) is 2. The van der Waals surface area contributed by atoms with Crippen LogP contribution in [-0.4, -0.2) is 21.0 Å². The molecule has 23 heavy (non-hydrogen) atoms. The second-order valence-corrected chi connectivity index (χ2v) is 6.43. The van der Waals surface area contributed by atoms with Crippen LogP contribution in [0, 0.1) is 13.8 Å². The van der Waals surface area contributed by atoms with E-state index in [9.17, 15) is 5.11 Å². The standard InChI is InChI=1S/C18H18ClN3O/c1-10-11(2)22-9-13(12-5-3-4-6-14(12)19)16-15(23)7-8-20-17(16)18(22)21-10/h3-6,9,15,20,23H,7-8H2,1-2H3. The molecule has 1 aliphatic heterocycles. The van der Waals surface area contributed by atoms with E-state index in [4.69, 9.17) is 11.6 Å². The summed E-state index contributed by atoms with van der Waals surface area (Å²) in [5.41, 5.74) is 6.64. The third-order valence-corrected chi connectivity index (χ3v) is 4.97. The fourth-order valence-corrected chi connectivity index (χ4v) is 3.55. The largest absolute Gasteiger partial charge is 0.388 e. The highest BCUT2D eigenvalue weighted by Gasteiger charge is 2.27. The Kier molecular flexibility index (Phi) is 3.32. The van der Waals surface area contributed by atoms with Gasteiger partial charge in [0.25, 0.3) is 0 Å². The number of imidazole rings is 1. The summed E-state index contributed by atoms with van der Waals surface area (Å²) < 4.78 is 2.08. The number of aromatic nitrogens is 2. The number of nitrogens with one attached hydrogen (secondary N) is 1. The Morgan fingerprint density at radius 1 is 1.26 bits per heavy atom. The Bertz CT molecular complexity index is 916. The summed E-state index contributed by atoms with van der Waals surface area (Å²) in [4.78, 5) is 4.67. The molecule has 0 saturated heterocycles. The molecule has 3 aromatic rings. The predicted molar refractivity (Wildman–Crippen MR) is 93.2 cm³/mol. The quantitative estimate of drug-likeness (QED) is 0.707. The van der Waals surface area contributed by atoms with Crippen molar-refractivity contribution in [2.24, 2.45) is 0 Å². The molecule has 0 saturated carbocycles. The van der Waals surface area contributed by atoms with Gasteiger partial charge in [-0.3, -0.25) is 0 Å². The number of aliphatic hydroxyl groups excluding tert-OH is 1. The molecular formula is C18H18ClN3O. The highest BCUT2D eigenvalue weighted by Crippen LogP contribution is 2.42. The number of rotatable bonds is 1. The molecule has 3 heterocycles. The van der Waals surface area contributed by atoms with Crippen LogP contribution in [0.25, 0.3) is 16.8 Å². The van der Waals surface area contributed by atoms with Crippen LogP contribution in [0.5, 0.6) is 0 Å². The van der Waals surface area contributed by atoms with Crippen molar-refractivity contribution in [3.8, 4) is 11.1 Å². The molecule has 1 atom stereocenters. The van der Waals surface area contributed by atoms with Crippen LogP contribution < -0.4 is 5.32 Å². The molecule has 2 N–H and O–H groups in total. The first kappa shape index (κ1) is 14.5. The van der Waals surface area contributed by atoms with Crippen LogP contribution >= 0.6 is 11.6 Å². The van der Waals surface area contributed by atoms with Crippen molar-refractivity contribution < 1.29 is 5.11 Å². The average Bonchev–Trinajstić information content (AvgIpc) is 2.83. The lowest BCUT2D eigenvalue weighted by Crippen LogP contribution is -2.19. The molecule has 0 amide bonds. The minimum atomic E-state index is -0.514. The first-order valence-corrected chi connectivity index (χ1v) is 8.14. The molecule has 0 spiro atoms. The Balaban J connectivity index is 2.13. The Labute approximate surface area is 139 Å². The minimum Gasteiger partial charge on any atom is -0.388 e. The molecule has 1 unspecified atom stereocenters. The fraction of sp³-hybridized carbons (Fsp3) is 0.278. The van der Waals surface area contributed by atoms with Crippen molar-refractivity contribution in [1.29, 1.82) is 0 Å². The summed E-state index contributed by atoms with van der Waals surface area (Å²) in [7, 11) is 0. The average molecular weight is 328 g/mol. The van der Waals surface area contributed by atoms with Gasteiger partial charge in [0.2, 0.25) is 0 Å². The normalized spacial score (nSPS) is 17.1. The number of fused-ring (bicyclic) bond motifs is 3. The van der Waals surface area contributed by atoms with Crippen LogP contribution in [0.1, 0.15) is 29.5 Å². The number of anilines is 1. The van der Waals surface area contributed by atoms with Gasteiger partial charge in [-0.2, -0.15) is 0 Å². The maximum atomic E-state index is 10.6. The molecule has 4 rings (SSSR count). The highest BCUT2D eigenvalue weighted by atomic mass is 35.5. The van der Waals surface area contributed by atoms with E-state index in [0.29, 0.717) is 11.4 Å². The van der Waals surface area contributed by atoms with Crippen molar-refractivity contribution in [3.05, 3.63) is 52.4 Å². The zero-order chi connectivity index (χ0) is 16.1. The van der Waals surface area contributed by atoms with Crippen molar-refractivity contribution in [2.75, 3.05) is 11.9 Å². The summed E-state index contributed by atoms with van der Waals surface area (Å²) in [6.07, 6.45) is 2.21. The van der Waals surface area contributed by atoms with Crippen LogP contribution in [0.4, 0.5) is 5.69 Å². The smallest absolute Gasteiger partial charge is 0.161 e. The van der Waals surface area contributed by atoms with Gasteiger partial charge in [-0.1, -0.05) is 29.8 Å². The van der Waals surface area contributed by atoms with Gasteiger partial charge in [-0.05, 0) is 26.3 Å². The summed E-state index contributed by atoms with van der Waals surface area (Å²) in [5.74, 6) is 0. The van der Waals surface area contributed by atoms with E-state index in [1.165, 1.54) is 0 Å². The van der Waals surface area contributed by atoms with Gasteiger partial charge < -0.3 is 14.8 Å². The Hall–Kier alpha value is -2.04. The highest BCUT2D eigenvalue weighted by molar-refractivity contribution is 6.33. The van der Waals surface area contributed by atoms with E-state index in [1.54, 1.807) is 0 Å². The Morgan fingerprint density at radius 3 is 2.83 bits per heavy atom. The summed E-state index contributed by atoms with van der Waals surface area (Å²) in [6.45, 7) is 4.79. The molecule has 1 aliphatic rings. The van der Waals surface area contributed by atoms with Gasteiger partial charge in [-0.25, -0.2) is 4.98 Å². The first-order valence-electron chi connectivity index (χ1n) is 7.77. The maximum absolute atomic E-state index is 10.6. The predicted octanol–water partition coefficient (Wildman–Crippen LogP) is 4.12. The van der Waals surface area contributed by atoms with E-state index in [-0.39, 0.29) is 0 Å². The van der Waals surface area contributed by atoms with Gasteiger partial charge in [0.15, 0.2) is 5.65 Å². The van der Waals surface area contributed by atoms with Crippen molar-refractivity contribution >= 4 is 22.9 Å². The lowest BCUT2D eigenvalue weighted by Gasteiger charge is -2.26. The van der Waals surface area contributed by atoms with Crippen LogP contribution in [0.3, 0.4) is 0 Å². The number of hydrogen-bond acceptors (Lipinski definition) is 3. The zero-order valence-corrected chi connectivity index (χ0v) is 13.9. The fourth-order valence-electron chi connectivity index (χ4n) is 3.31. The van der Waals surface area contributed by atoms with Crippen molar-refractivity contribution in [2.45, 2.75) is 26.4 Å². The molecule has 1 aromatic carbocycles. The third kappa shape index (κ3) is 2.13. The third-order valence-electron chi connectivity index (χ3n) is 4.64. The number of pyridine rings is 1. The molecule has 0 bridgehead atoms. The second kappa shape index (κ2) is 5.25.